The summed E-state index contributed by atoms with van der Waals surface area (Å²) >= 11 is 0. The van der Waals surface area contributed by atoms with E-state index in [9.17, 15) is 14.3 Å². The molecule has 0 bridgehead atoms. The summed E-state index contributed by atoms with van der Waals surface area (Å²) < 4.78 is 13.2. The van der Waals surface area contributed by atoms with Gasteiger partial charge in [0, 0.05) is 12.2 Å². The van der Waals surface area contributed by atoms with Crippen molar-refractivity contribution in [1.82, 2.24) is 4.90 Å². The molecule has 2 N–H and O–H groups in total. The average Bonchev–Trinajstić information content (AvgIpc) is 2.62. The number of aliphatic carboxylic acids is 1. The first kappa shape index (κ1) is 14.8. The van der Waals surface area contributed by atoms with Crippen molar-refractivity contribution in [2.45, 2.75) is 31.7 Å². The second kappa shape index (κ2) is 6.22. The van der Waals surface area contributed by atoms with Gasteiger partial charge in [0.15, 0.2) is 0 Å². The number of hydrogen-bond donors (Lipinski definition) is 2. The molecule has 1 aliphatic rings. The maximum absolute atomic E-state index is 13.2. The van der Waals surface area contributed by atoms with Gasteiger partial charge in [-0.1, -0.05) is 13.0 Å². The number of nitrogens with zero attached hydrogens (tertiary/aromatic N) is 1. The largest absolute Gasteiger partial charge is 0.480 e. The number of carboxylic acid groups (broad SMARTS) is 1. The molecule has 110 valence electrons. The molecule has 0 saturated carbocycles. The highest BCUT2D eigenvalue weighted by atomic mass is 19.1. The first-order chi connectivity index (χ1) is 9.55. The quantitative estimate of drug-likeness (QED) is 0.890. The number of rotatable bonds is 4. The van der Waals surface area contributed by atoms with Crippen molar-refractivity contribution in [2.75, 3.05) is 25.0 Å². The molecule has 20 heavy (non-hydrogen) atoms. The summed E-state index contributed by atoms with van der Waals surface area (Å²) in [5, 5.41) is 12.7. The number of anilines is 1. The SMILES string of the molecule is CCN1CCCC(Nc2cccc(F)c2)(C(=O)O)CC1. The maximum atomic E-state index is 13.2. The summed E-state index contributed by atoms with van der Waals surface area (Å²) in [7, 11) is 0. The van der Waals surface area contributed by atoms with E-state index in [-0.39, 0.29) is 5.82 Å². The molecule has 1 aromatic carbocycles. The minimum atomic E-state index is -1.00. The molecule has 1 aliphatic heterocycles. The van der Waals surface area contributed by atoms with Crippen LogP contribution < -0.4 is 5.32 Å². The number of halogens is 1. The van der Waals surface area contributed by atoms with Crippen LogP contribution in [0.4, 0.5) is 10.1 Å². The zero-order valence-corrected chi connectivity index (χ0v) is 11.7. The summed E-state index contributed by atoms with van der Waals surface area (Å²) in [6.45, 7) is 4.66. The van der Waals surface area contributed by atoms with Crippen LogP contribution >= 0.6 is 0 Å². The van der Waals surface area contributed by atoms with Crippen LogP contribution in [-0.2, 0) is 4.79 Å². The average molecular weight is 280 g/mol. The van der Waals surface area contributed by atoms with Crippen LogP contribution in [0, 0.1) is 5.82 Å². The van der Waals surface area contributed by atoms with E-state index in [2.05, 4.69) is 17.1 Å². The maximum Gasteiger partial charge on any atom is 0.329 e. The molecule has 4 nitrogen and oxygen atoms in total. The summed E-state index contributed by atoms with van der Waals surface area (Å²) in [6, 6.07) is 5.98. The van der Waals surface area contributed by atoms with Gasteiger partial charge in [-0.05, 0) is 50.6 Å². The summed E-state index contributed by atoms with van der Waals surface area (Å²) in [5.74, 6) is -1.22. The Morgan fingerprint density at radius 3 is 2.90 bits per heavy atom. The molecular formula is C15H21FN2O2. The van der Waals surface area contributed by atoms with Gasteiger partial charge in [0.2, 0.25) is 0 Å². The van der Waals surface area contributed by atoms with Gasteiger partial charge in [-0.2, -0.15) is 0 Å². The van der Waals surface area contributed by atoms with Crippen LogP contribution in [0.3, 0.4) is 0 Å². The van der Waals surface area contributed by atoms with Crippen molar-refractivity contribution >= 4 is 11.7 Å². The molecule has 0 spiro atoms. The minimum absolute atomic E-state index is 0.362. The van der Waals surface area contributed by atoms with Crippen molar-refractivity contribution in [3.05, 3.63) is 30.1 Å². The fraction of sp³-hybridized carbons (Fsp3) is 0.533. The second-order valence-corrected chi connectivity index (χ2v) is 5.31. The van der Waals surface area contributed by atoms with E-state index in [0.29, 0.717) is 18.5 Å². The van der Waals surface area contributed by atoms with Gasteiger partial charge in [0.05, 0.1) is 0 Å². The zero-order valence-electron chi connectivity index (χ0n) is 11.7. The molecule has 1 heterocycles. The van der Waals surface area contributed by atoms with Crippen molar-refractivity contribution in [1.29, 1.82) is 0 Å². The number of hydrogen-bond acceptors (Lipinski definition) is 3. The zero-order chi connectivity index (χ0) is 14.6. The summed E-state index contributed by atoms with van der Waals surface area (Å²) in [6.07, 6.45) is 1.89. The van der Waals surface area contributed by atoms with Crippen LogP contribution in [0.25, 0.3) is 0 Å². The minimum Gasteiger partial charge on any atom is -0.480 e. The highest BCUT2D eigenvalue weighted by Gasteiger charge is 2.39. The lowest BCUT2D eigenvalue weighted by Crippen LogP contribution is -2.47. The lowest BCUT2D eigenvalue weighted by molar-refractivity contribution is -0.142. The van der Waals surface area contributed by atoms with Crippen molar-refractivity contribution in [2.24, 2.45) is 0 Å². The van der Waals surface area contributed by atoms with Gasteiger partial charge in [-0.3, -0.25) is 0 Å². The molecule has 1 aromatic rings. The van der Waals surface area contributed by atoms with Gasteiger partial charge >= 0.3 is 5.97 Å². The smallest absolute Gasteiger partial charge is 0.329 e. The Morgan fingerprint density at radius 2 is 2.25 bits per heavy atom. The number of likely N-dealkylation sites (tertiary alicyclic amines) is 1. The van der Waals surface area contributed by atoms with Crippen LogP contribution in [0.5, 0.6) is 0 Å². The third kappa shape index (κ3) is 3.28. The Morgan fingerprint density at radius 1 is 1.45 bits per heavy atom. The summed E-state index contributed by atoms with van der Waals surface area (Å²) in [5.41, 5.74) is -0.477. The summed E-state index contributed by atoms with van der Waals surface area (Å²) in [4.78, 5) is 14.0. The molecule has 1 atom stereocenters. The van der Waals surface area contributed by atoms with Gasteiger partial charge in [-0.25, -0.2) is 9.18 Å². The Labute approximate surface area is 118 Å². The van der Waals surface area contributed by atoms with E-state index in [1.807, 2.05) is 0 Å². The molecule has 0 radical (unpaired) electrons. The third-order valence-electron chi connectivity index (χ3n) is 4.00. The predicted molar refractivity (Wildman–Crippen MR) is 76.4 cm³/mol. The lowest BCUT2D eigenvalue weighted by atomic mass is 9.90. The first-order valence-corrected chi connectivity index (χ1v) is 7.05. The molecule has 1 fully saturated rings. The predicted octanol–water partition coefficient (Wildman–Crippen LogP) is 2.57. The van der Waals surface area contributed by atoms with Crippen molar-refractivity contribution in [3.8, 4) is 0 Å². The monoisotopic (exact) mass is 280 g/mol. The van der Waals surface area contributed by atoms with E-state index >= 15 is 0 Å². The van der Waals surface area contributed by atoms with E-state index in [4.69, 9.17) is 0 Å². The highest BCUT2D eigenvalue weighted by molar-refractivity contribution is 5.82. The number of carbonyl (C=O) groups is 1. The van der Waals surface area contributed by atoms with Crippen LogP contribution in [0.2, 0.25) is 0 Å². The van der Waals surface area contributed by atoms with Crippen molar-refractivity contribution in [3.63, 3.8) is 0 Å². The van der Waals surface area contributed by atoms with Crippen molar-refractivity contribution < 1.29 is 14.3 Å². The molecule has 1 saturated heterocycles. The second-order valence-electron chi connectivity index (χ2n) is 5.31. The van der Waals surface area contributed by atoms with Crippen LogP contribution in [0.1, 0.15) is 26.2 Å². The molecule has 0 amide bonds. The molecule has 1 unspecified atom stereocenters. The number of nitrogens with one attached hydrogen (secondary N) is 1. The van der Waals surface area contributed by atoms with Gasteiger partial charge in [-0.15, -0.1) is 0 Å². The van der Waals surface area contributed by atoms with Crippen LogP contribution in [-0.4, -0.2) is 41.1 Å². The molecular weight excluding hydrogens is 259 g/mol. The standard InChI is InChI=1S/C15H21FN2O2/c1-2-18-9-4-7-15(8-10-18,14(19)20)17-13-6-3-5-12(16)11-13/h3,5-6,11,17H,2,4,7-10H2,1H3,(H,19,20). The Bertz CT molecular complexity index is 481. The lowest BCUT2D eigenvalue weighted by Gasteiger charge is -2.30. The fourth-order valence-electron chi connectivity index (χ4n) is 2.74. The van der Waals surface area contributed by atoms with E-state index in [1.165, 1.54) is 12.1 Å². The van der Waals surface area contributed by atoms with Gasteiger partial charge < -0.3 is 15.3 Å². The van der Waals surface area contributed by atoms with Crippen LogP contribution in [0.15, 0.2) is 24.3 Å². The van der Waals surface area contributed by atoms with E-state index < -0.39 is 11.5 Å². The topological polar surface area (TPSA) is 52.6 Å². The Hall–Kier alpha value is -1.62. The number of benzene rings is 1. The number of carboxylic acids is 1. The molecule has 5 heteroatoms. The van der Waals surface area contributed by atoms with Gasteiger partial charge in [0.25, 0.3) is 0 Å². The normalized spacial score (nSPS) is 24.1. The van der Waals surface area contributed by atoms with Gasteiger partial charge in [0.1, 0.15) is 11.4 Å². The molecule has 0 aromatic heterocycles. The first-order valence-electron chi connectivity index (χ1n) is 7.05. The Kier molecular flexibility index (Phi) is 4.60. The van der Waals surface area contributed by atoms with E-state index in [1.54, 1.807) is 12.1 Å². The fourth-order valence-corrected chi connectivity index (χ4v) is 2.74. The van der Waals surface area contributed by atoms with E-state index in [0.717, 1.165) is 26.1 Å². The third-order valence-corrected chi connectivity index (χ3v) is 4.00. The molecule has 2 rings (SSSR count). The molecule has 0 aliphatic carbocycles. The highest BCUT2D eigenvalue weighted by Crippen LogP contribution is 2.28. The Balaban J connectivity index is 2.19.